The molecule has 2 aromatic carbocycles. The van der Waals surface area contributed by atoms with Crippen LogP contribution < -0.4 is 19.9 Å². The number of alkyl halides is 2. The van der Waals surface area contributed by atoms with E-state index in [1.54, 1.807) is 12.1 Å². The molecule has 0 spiro atoms. The lowest BCUT2D eigenvalue weighted by Gasteiger charge is -2.24. The number of nitrogens with two attached hydrogens (primary N) is 1. The van der Waals surface area contributed by atoms with Crippen molar-refractivity contribution in [3.8, 4) is 5.75 Å². The lowest BCUT2D eigenvalue weighted by molar-refractivity contribution is -0.0499. The van der Waals surface area contributed by atoms with E-state index in [2.05, 4.69) is 14.8 Å². The maximum absolute atomic E-state index is 13.1. The van der Waals surface area contributed by atoms with Crippen molar-refractivity contribution >= 4 is 22.0 Å². The van der Waals surface area contributed by atoms with Gasteiger partial charge in [0, 0.05) is 27.4 Å². The molecule has 1 aliphatic rings. The van der Waals surface area contributed by atoms with E-state index in [0.29, 0.717) is 16.1 Å². The summed E-state index contributed by atoms with van der Waals surface area (Å²) in [5.41, 5.74) is 2.93. The second-order valence-electron chi connectivity index (χ2n) is 8.91. The minimum atomic E-state index is -3.68. The average molecular weight is 483 g/mol. The third-order valence-electron chi connectivity index (χ3n) is 5.36. The highest BCUT2D eigenvalue weighted by Gasteiger charge is 2.30. The number of carbonyl (C=O) groups is 1. The first-order chi connectivity index (χ1) is 15.5. The number of thiol groups is 1. The van der Waals surface area contributed by atoms with Crippen LogP contribution in [0.2, 0.25) is 0 Å². The monoisotopic (exact) mass is 482 g/mol. The van der Waals surface area contributed by atoms with Gasteiger partial charge in [-0.25, -0.2) is 9.00 Å². The van der Waals surface area contributed by atoms with Gasteiger partial charge in [-0.3, -0.25) is 9.86 Å². The fourth-order valence-electron chi connectivity index (χ4n) is 3.69. The number of nitrogens with zero attached hydrogens (tertiary/aromatic N) is 1. The zero-order valence-electron chi connectivity index (χ0n) is 19.3. The molecular weight excluding hydrogens is 450 g/mol. The Morgan fingerprint density at radius 1 is 1.21 bits per heavy atom. The smallest absolute Gasteiger partial charge is 0.387 e. The van der Waals surface area contributed by atoms with Crippen LogP contribution in [-0.4, -0.2) is 35.8 Å². The molecule has 10 heteroatoms. The summed E-state index contributed by atoms with van der Waals surface area (Å²) in [6.07, 6.45) is 1.78. The third kappa shape index (κ3) is 6.72. The van der Waals surface area contributed by atoms with Gasteiger partial charge in [0.05, 0.1) is 0 Å². The van der Waals surface area contributed by atoms with Gasteiger partial charge in [0.15, 0.2) is 0 Å². The van der Waals surface area contributed by atoms with Crippen molar-refractivity contribution < 1.29 is 22.5 Å². The molecule has 0 bridgehead atoms. The largest absolute Gasteiger partial charge is 0.435 e. The van der Waals surface area contributed by atoms with E-state index >= 15 is 0 Å². The van der Waals surface area contributed by atoms with E-state index in [1.165, 1.54) is 12.1 Å². The van der Waals surface area contributed by atoms with Crippen molar-refractivity contribution in [2.24, 2.45) is 5.14 Å². The Bertz CT molecular complexity index is 1020. The van der Waals surface area contributed by atoms with E-state index in [1.807, 2.05) is 45.0 Å². The van der Waals surface area contributed by atoms with Crippen LogP contribution in [0.3, 0.4) is 0 Å². The molecular formula is C23H32F2N4O3S. The molecule has 7 nitrogen and oxygen atoms in total. The van der Waals surface area contributed by atoms with Gasteiger partial charge in [0.1, 0.15) is 5.75 Å². The number of hydrogen-bond acceptors (Lipinski definition) is 4. The Balaban J connectivity index is 1.82. The number of ether oxygens (including phenoxy) is 1. The zero-order valence-corrected chi connectivity index (χ0v) is 20.2. The molecule has 2 amide bonds. The third-order valence-corrected chi connectivity index (χ3v) is 6.96. The van der Waals surface area contributed by atoms with Gasteiger partial charge in [0.25, 0.3) is 0 Å². The molecule has 0 saturated heterocycles. The maximum atomic E-state index is 13.1. The Hall–Kier alpha value is -2.56. The van der Waals surface area contributed by atoms with E-state index in [0.717, 1.165) is 30.5 Å². The molecule has 0 radical (unpaired) electrons. The number of anilines is 1. The predicted molar refractivity (Wildman–Crippen MR) is 127 cm³/mol. The lowest BCUT2D eigenvalue weighted by Crippen LogP contribution is -2.45. The number of halogens is 2. The summed E-state index contributed by atoms with van der Waals surface area (Å²) in [6, 6.07) is 9.25. The molecule has 0 unspecified atom stereocenters. The number of amides is 2. The van der Waals surface area contributed by atoms with E-state index in [-0.39, 0.29) is 17.6 Å². The number of hydrogen-bond donors (Lipinski definition) is 4. The summed E-state index contributed by atoms with van der Waals surface area (Å²) in [6.45, 7) is 1.57. The molecule has 3 rings (SSSR count). The van der Waals surface area contributed by atoms with Gasteiger partial charge >= 0.3 is 12.6 Å². The van der Waals surface area contributed by atoms with Crippen molar-refractivity contribution in [3.05, 3.63) is 53.1 Å². The second kappa shape index (κ2) is 10.1. The van der Waals surface area contributed by atoms with Crippen molar-refractivity contribution in [2.75, 3.05) is 19.4 Å². The molecule has 182 valence electrons. The SMILES string of the molecule is CC(C)c1cc(OC(F)F)cc(C2CC2)c1NC(=O)N[SH](N)(=O)c1ccc(CN(C)C)cc1. The van der Waals surface area contributed by atoms with Gasteiger partial charge in [-0.2, -0.15) is 8.78 Å². The summed E-state index contributed by atoms with van der Waals surface area (Å²) < 4.78 is 45.7. The van der Waals surface area contributed by atoms with Gasteiger partial charge in [-0.15, -0.1) is 0 Å². The molecule has 1 fully saturated rings. The molecule has 0 aromatic heterocycles. The number of urea groups is 1. The van der Waals surface area contributed by atoms with Crippen molar-refractivity contribution in [1.29, 1.82) is 0 Å². The van der Waals surface area contributed by atoms with Gasteiger partial charge in [-0.05, 0) is 79.7 Å². The fraction of sp³-hybridized carbons (Fsp3) is 0.435. The number of carbonyl (C=O) groups excluding carboxylic acids is 1. The number of rotatable bonds is 9. The highest BCUT2D eigenvalue weighted by Crippen LogP contribution is 2.47. The molecule has 1 saturated carbocycles. The zero-order chi connectivity index (χ0) is 24.3. The molecule has 2 aromatic rings. The van der Waals surface area contributed by atoms with E-state index < -0.39 is 22.9 Å². The van der Waals surface area contributed by atoms with Gasteiger partial charge < -0.3 is 15.0 Å². The number of nitrogens with one attached hydrogen (secondary N) is 2. The van der Waals surface area contributed by atoms with Crippen LogP contribution in [0.4, 0.5) is 19.3 Å². The van der Waals surface area contributed by atoms with Crippen LogP contribution in [0.15, 0.2) is 41.3 Å². The summed E-state index contributed by atoms with van der Waals surface area (Å²) in [4.78, 5) is 15.1. The topological polar surface area (TPSA) is 96.7 Å². The standard InChI is InChI=1S/C23H32F2N4O3S/c1-14(2)19-11-17(32-22(24)25)12-20(16-7-8-16)21(19)27-23(30)28-33(26,31)18-9-5-15(6-10-18)13-29(3)4/h5-6,9-12,14,16,22,33H,7-8,13H2,1-4H3,(H4,26,27,28,30,31). The first-order valence-electron chi connectivity index (χ1n) is 10.8. The second-order valence-corrected chi connectivity index (χ2v) is 11.0. The van der Waals surface area contributed by atoms with Gasteiger partial charge in [-0.1, -0.05) is 26.0 Å². The molecule has 4 N–H and O–H groups in total. The summed E-state index contributed by atoms with van der Waals surface area (Å²) in [7, 11) is 0.209. The van der Waals surface area contributed by atoms with Crippen LogP contribution in [0.5, 0.6) is 5.75 Å². The minimum Gasteiger partial charge on any atom is -0.435 e. The minimum absolute atomic E-state index is 0.0591. The number of benzene rings is 2. The van der Waals surface area contributed by atoms with E-state index in [9.17, 15) is 17.8 Å². The van der Waals surface area contributed by atoms with Crippen molar-refractivity contribution in [3.63, 3.8) is 0 Å². The highest BCUT2D eigenvalue weighted by molar-refractivity contribution is 7.99. The normalized spacial score (nSPS) is 14.6. The fourth-order valence-corrected chi connectivity index (χ4v) is 4.77. The first kappa shape index (κ1) is 25.1. The van der Waals surface area contributed by atoms with Crippen LogP contribution in [0.25, 0.3) is 0 Å². The quantitative estimate of drug-likeness (QED) is 0.400. The Labute approximate surface area is 194 Å². The van der Waals surface area contributed by atoms with Crippen LogP contribution in [-0.2, 0) is 16.8 Å². The van der Waals surface area contributed by atoms with Crippen molar-refractivity contribution in [2.45, 2.75) is 56.6 Å². The Morgan fingerprint density at radius 2 is 1.85 bits per heavy atom. The van der Waals surface area contributed by atoms with Crippen LogP contribution >= 0.6 is 0 Å². The molecule has 33 heavy (non-hydrogen) atoms. The van der Waals surface area contributed by atoms with E-state index in [4.69, 9.17) is 5.14 Å². The molecule has 0 atom stereocenters. The summed E-state index contributed by atoms with van der Waals surface area (Å²) in [5, 5.41) is 8.77. The first-order valence-corrected chi connectivity index (χ1v) is 12.6. The lowest BCUT2D eigenvalue weighted by atomic mass is 9.95. The molecule has 0 heterocycles. The van der Waals surface area contributed by atoms with Gasteiger partial charge in [0.2, 0.25) is 0 Å². The molecule has 0 aliphatic heterocycles. The maximum Gasteiger partial charge on any atom is 0.387 e. The predicted octanol–water partition coefficient (Wildman–Crippen LogP) is 4.34. The van der Waals surface area contributed by atoms with Crippen molar-refractivity contribution in [1.82, 2.24) is 9.62 Å². The average Bonchev–Trinajstić information content (AvgIpc) is 3.53. The summed E-state index contributed by atoms with van der Waals surface area (Å²) >= 11 is 0. The Morgan fingerprint density at radius 3 is 2.36 bits per heavy atom. The van der Waals surface area contributed by atoms with Crippen LogP contribution in [0, 0.1) is 0 Å². The molecule has 1 aliphatic carbocycles. The highest BCUT2D eigenvalue weighted by atomic mass is 32.3. The van der Waals surface area contributed by atoms with Crippen LogP contribution in [0.1, 0.15) is 55.2 Å². The summed E-state index contributed by atoms with van der Waals surface area (Å²) in [5.74, 6) is 0.129. The Kier molecular flexibility index (Phi) is 7.71.